The normalized spacial score (nSPS) is 14.5. The Hall–Kier alpha value is -3.27. The number of benzene rings is 3. The van der Waals surface area contributed by atoms with Crippen LogP contribution in [-0.4, -0.2) is 50.9 Å². The first-order chi connectivity index (χ1) is 20.6. The second kappa shape index (κ2) is 14.9. The van der Waals surface area contributed by atoms with Crippen LogP contribution in [0.4, 0.5) is 5.69 Å². The number of hydrogen-bond donors (Lipinski definition) is 1. The molecule has 11 heteroatoms. The molecule has 0 aliphatic heterocycles. The number of nitrogens with one attached hydrogen (secondary N) is 1. The first-order valence-electron chi connectivity index (χ1n) is 14.4. The van der Waals surface area contributed by atoms with Gasteiger partial charge in [0.1, 0.15) is 18.3 Å². The van der Waals surface area contributed by atoms with Crippen molar-refractivity contribution in [2.45, 2.75) is 69.0 Å². The van der Waals surface area contributed by atoms with Crippen molar-refractivity contribution in [3.8, 4) is 5.75 Å². The van der Waals surface area contributed by atoms with Crippen LogP contribution in [0, 0.1) is 0 Å². The molecule has 3 aromatic rings. The number of nitrogens with zero attached hydrogens (tertiary/aromatic N) is 2. The molecule has 1 N–H and O–H groups in total. The number of rotatable bonds is 12. The van der Waals surface area contributed by atoms with E-state index in [0.717, 1.165) is 36.4 Å². The second-order valence-electron chi connectivity index (χ2n) is 10.5. The molecule has 3 aromatic carbocycles. The van der Waals surface area contributed by atoms with Crippen LogP contribution in [0.25, 0.3) is 0 Å². The number of carbonyl (C=O) groups excluding carboxylic acids is 2. The first-order valence-corrected chi connectivity index (χ1v) is 16.6. The molecule has 0 spiro atoms. The summed E-state index contributed by atoms with van der Waals surface area (Å²) in [7, 11) is -2.65. The molecule has 0 radical (unpaired) electrons. The topological polar surface area (TPSA) is 96.0 Å². The van der Waals surface area contributed by atoms with Gasteiger partial charge in [0, 0.05) is 22.6 Å². The maximum Gasteiger partial charge on any atom is 0.264 e. The molecule has 0 saturated heterocycles. The number of sulfonamides is 1. The smallest absolute Gasteiger partial charge is 0.264 e. The van der Waals surface area contributed by atoms with Crippen molar-refractivity contribution in [2.24, 2.45) is 0 Å². The van der Waals surface area contributed by atoms with Crippen LogP contribution in [0.3, 0.4) is 0 Å². The van der Waals surface area contributed by atoms with Crippen molar-refractivity contribution in [1.29, 1.82) is 0 Å². The molecular weight excluding hydrogens is 609 g/mol. The van der Waals surface area contributed by atoms with E-state index in [9.17, 15) is 18.0 Å². The molecule has 1 atom stereocenters. The number of hydrogen-bond acceptors (Lipinski definition) is 5. The van der Waals surface area contributed by atoms with Crippen LogP contribution >= 0.6 is 23.2 Å². The van der Waals surface area contributed by atoms with E-state index in [1.165, 1.54) is 24.1 Å². The highest BCUT2D eigenvalue weighted by molar-refractivity contribution is 7.92. The maximum atomic E-state index is 14.3. The molecule has 8 nitrogen and oxygen atoms in total. The zero-order valence-corrected chi connectivity index (χ0v) is 26.7. The van der Waals surface area contributed by atoms with Gasteiger partial charge in [0.25, 0.3) is 10.0 Å². The Morgan fingerprint density at radius 2 is 1.65 bits per heavy atom. The van der Waals surface area contributed by atoms with Crippen LogP contribution in [-0.2, 0) is 26.2 Å². The van der Waals surface area contributed by atoms with Crippen molar-refractivity contribution in [3.63, 3.8) is 0 Å². The minimum absolute atomic E-state index is 0.00668. The molecule has 43 heavy (non-hydrogen) atoms. The third kappa shape index (κ3) is 8.22. The summed E-state index contributed by atoms with van der Waals surface area (Å²) in [5.41, 5.74) is 0.868. The fourth-order valence-corrected chi connectivity index (χ4v) is 7.20. The molecule has 1 fully saturated rings. The number of carbonyl (C=O) groups is 2. The van der Waals surface area contributed by atoms with Gasteiger partial charge in [0.05, 0.1) is 17.7 Å². The number of amides is 2. The fraction of sp³-hybridized carbons (Fsp3) is 0.375. The predicted octanol–water partition coefficient (Wildman–Crippen LogP) is 6.45. The van der Waals surface area contributed by atoms with E-state index in [2.05, 4.69) is 5.32 Å². The molecule has 0 aromatic heterocycles. The Bertz CT molecular complexity index is 1500. The molecule has 4 rings (SSSR count). The number of anilines is 1. The van der Waals surface area contributed by atoms with Gasteiger partial charge in [-0.2, -0.15) is 0 Å². The van der Waals surface area contributed by atoms with Crippen LogP contribution in [0.5, 0.6) is 5.75 Å². The summed E-state index contributed by atoms with van der Waals surface area (Å²) < 4.78 is 34.2. The van der Waals surface area contributed by atoms with E-state index < -0.39 is 28.5 Å². The Balaban J connectivity index is 1.72. The lowest BCUT2D eigenvalue weighted by Crippen LogP contribution is -2.54. The Morgan fingerprint density at radius 3 is 2.26 bits per heavy atom. The molecule has 230 valence electrons. The summed E-state index contributed by atoms with van der Waals surface area (Å²) in [6.45, 7) is 1.28. The monoisotopic (exact) mass is 645 g/mol. The van der Waals surface area contributed by atoms with Crippen molar-refractivity contribution in [2.75, 3.05) is 18.0 Å². The van der Waals surface area contributed by atoms with Gasteiger partial charge in [0.2, 0.25) is 11.8 Å². The van der Waals surface area contributed by atoms with E-state index in [1.807, 2.05) is 6.92 Å². The Morgan fingerprint density at radius 1 is 0.977 bits per heavy atom. The zero-order valence-electron chi connectivity index (χ0n) is 24.3. The van der Waals surface area contributed by atoms with Crippen LogP contribution in [0.2, 0.25) is 10.0 Å². The minimum Gasteiger partial charge on any atom is -0.497 e. The van der Waals surface area contributed by atoms with E-state index in [0.29, 0.717) is 27.8 Å². The number of halogens is 2. The second-order valence-corrected chi connectivity index (χ2v) is 13.3. The molecule has 0 unspecified atom stereocenters. The van der Waals surface area contributed by atoms with E-state index in [1.54, 1.807) is 60.7 Å². The summed E-state index contributed by atoms with van der Waals surface area (Å²) in [5, 5.41) is 3.92. The van der Waals surface area contributed by atoms with Gasteiger partial charge < -0.3 is 15.0 Å². The molecule has 1 saturated carbocycles. The number of ether oxygens (including phenoxy) is 1. The van der Waals surface area contributed by atoms with Crippen molar-refractivity contribution in [1.82, 2.24) is 10.2 Å². The van der Waals surface area contributed by atoms with Crippen molar-refractivity contribution in [3.05, 3.63) is 88.4 Å². The van der Waals surface area contributed by atoms with Gasteiger partial charge in [-0.05, 0) is 73.4 Å². The minimum atomic E-state index is -4.16. The van der Waals surface area contributed by atoms with Gasteiger partial charge in [-0.3, -0.25) is 13.9 Å². The highest BCUT2D eigenvalue weighted by Crippen LogP contribution is 2.28. The summed E-state index contributed by atoms with van der Waals surface area (Å²) in [5.74, 6) is -0.279. The van der Waals surface area contributed by atoms with Gasteiger partial charge in [0.15, 0.2) is 0 Å². The lowest BCUT2D eigenvalue weighted by atomic mass is 9.95. The summed E-state index contributed by atoms with van der Waals surface area (Å²) in [6, 6.07) is 18.5. The Labute approximate surface area is 264 Å². The summed E-state index contributed by atoms with van der Waals surface area (Å²) >= 11 is 12.6. The lowest BCUT2D eigenvalue weighted by Gasteiger charge is -2.34. The molecule has 1 aliphatic carbocycles. The zero-order chi connectivity index (χ0) is 31.0. The molecule has 1 aliphatic rings. The number of methoxy groups -OCH3 is 1. The highest BCUT2D eigenvalue weighted by atomic mass is 35.5. The molecule has 0 heterocycles. The van der Waals surface area contributed by atoms with E-state index in [-0.39, 0.29) is 29.1 Å². The van der Waals surface area contributed by atoms with Crippen molar-refractivity contribution < 1.29 is 22.7 Å². The standard InChI is InChI=1S/C32H37Cl2N3O5S/c1-3-30(32(39)35-25-10-6-4-7-11-25)36(21-23-14-15-24(33)20-29(23)34)31(38)22-37(26-16-18-27(42-2)19-17-26)43(40,41)28-12-8-5-9-13-28/h5,8-9,12-20,25,30H,3-4,6-7,10-11,21-22H2,1-2H3,(H,35,39)/t30-/m1/s1. The SMILES string of the molecule is CC[C@H](C(=O)NC1CCCCC1)N(Cc1ccc(Cl)cc1Cl)C(=O)CN(c1ccc(OC)cc1)S(=O)(=O)c1ccccc1. The van der Waals surface area contributed by atoms with E-state index >= 15 is 0 Å². The fourth-order valence-electron chi connectivity index (χ4n) is 5.29. The largest absolute Gasteiger partial charge is 0.497 e. The molecule has 2 amide bonds. The van der Waals surface area contributed by atoms with Crippen LogP contribution < -0.4 is 14.4 Å². The highest BCUT2D eigenvalue weighted by Gasteiger charge is 2.34. The van der Waals surface area contributed by atoms with E-state index in [4.69, 9.17) is 27.9 Å². The summed E-state index contributed by atoms with van der Waals surface area (Å²) in [6.07, 6.45) is 5.32. The van der Waals surface area contributed by atoms with Crippen molar-refractivity contribution >= 4 is 50.7 Å². The molecular formula is C32H37Cl2N3O5S. The average Bonchev–Trinajstić information content (AvgIpc) is 3.01. The van der Waals surface area contributed by atoms with Gasteiger partial charge in [-0.1, -0.05) is 73.7 Å². The predicted molar refractivity (Wildman–Crippen MR) is 170 cm³/mol. The third-order valence-corrected chi connectivity index (χ3v) is 10.0. The Kier molecular flexibility index (Phi) is 11.3. The van der Waals surface area contributed by atoms with Gasteiger partial charge >= 0.3 is 0 Å². The maximum absolute atomic E-state index is 14.3. The molecule has 0 bridgehead atoms. The van der Waals surface area contributed by atoms with Gasteiger partial charge in [-0.15, -0.1) is 0 Å². The van der Waals surface area contributed by atoms with Crippen LogP contribution in [0.15, 0.2) is 77.7 Å². The lowest BCUT2D eigenvalue weighted by molar-refractivity contribution is -0.140. The van der Waals surface area contributed by atoms with Gasteiger partial charge in [-0.25, -0.2) is 8.42 Å². The van der Waals surface area contributed by atoms with Crippen LogP contribution in [0.1, 0.15) is 51.0 Å². The quantitative estimate of drug-likeness (QED) is 0.244. The average molecular weight is 647 g/mol. The third-order valence-electron chi connectivity index (χ3n) is 7.66. The summed E-state index contributed by atoms with van der Waals surface area (Å²) in [4.78, 5) is 29.4. The first kappa shape index (κ1) is 32.6.